The van der Waals surface area contributed by atoms with Gasteiger partial charge < -0.3 is 10.4 Å². The fourth-order valence-corrected chi connectivity index (χ4v) is 2.86. The lowest BCUT2D eigenvalue weighted by Gasteiger charge is -2.09. The number of amides is 1. The first kappa shape index (κ1) is 14.8. The van der Waals surface area contributed by atoms with E-state index in [-0.39, 0.29) is 18.6 Å². The van der Waals surface area contributed by atoms with Gasteiger partial charge in [0.25, 0.3) is 5.91 Å². The number of nitrogens with one attached hydrogen (secondary N) is 1. The third-order valence-electron chi connectivity index (χ3n) is 4.08. The SMILES string of the molecule is Cc1ccc(-n2nc(C(=O)NC(C)CO)c3c2CCC3)cc1. The van der Waals surface area contributed by atoms with Gasteiger partial charge in [-0.05, 0) is 45.2 Å². The highest BCUT2D eigenvalue weighted by atomic mass is 16.3. The van der Waals surface area contributed by atoms with E-state index in [1.807, 2.05) is 35.9 Å². The summed E-state index contributed by atoms with van der Waals surface area (Å²) in [6.45, 7) is 3.74. The minimum Gasteiger partial charge on any atom is -0.394 e. The average Bonchev–Trinajstić information content (AvgIpc) is 3.10. The van der Waals surface area contributed by atoms with E-state index in [9.17, 15) is 4.79 Å². The van der Waals surface area contributed by atoms with Gasteiger partial charge in [0, 0.05) is 17.3 Å². The Balaban J connectivity index is 1.98. The van der Waals surface area contributed by atoms with Crippen LogP contribution < -0.4 is 5.32 Å². The van der Waals surface area contributed by atoms with E-state index in [4.69, 9.17) is 5.11 Å². The predicted octanol–water partition coefficient (Wildman–Crippen LogP) is 1.78. The molecule has 5 heteroatoms. The second-order valence-electron chi connectivity index (χ2n) is 5.93. The maximum absolute atomic E-state index is 12.4. The molecule has 116 valence electrons. The van der Waals surface area contributed by atoms with Crippen molar-refractivity contribution in [3.63, 3.8) is 0 Å². The van der Waals surface area contributed by atoms with Gasteiger partial charge in [0.2, 0.25) is 0 Å². The Morgan fingerprint density at radius 3 is 2.77 bits per heavy atom. The number of nitrogens with zero attached hydrogens (tertiary/aromatic N) is 2. The number of carbonyl (C=O) groups excluding carboxylic acids is 1. The normalized spacial score (nSPS) is 14.7. The van der Waals surface area contributed by atoms with Crippen molar-refractivity contribution in [1.29, 1.82) is 0 Å². The van der Waals surface area contributed by atoms with Crippen LogP contribution >= 0.6 is 0 Å². The highest BCUT2D eigenvalue weighted by molar-refractivity contribution is 5.94. The van der Waals surface area contributed by atoms with Gasteiger partial charge in [-0.1, -0.05) is 17.7 Å². The van der Waals surface area contributed by atoms with Crippen molar-refractivity contribution < 1.29 is 9.90 Å². The molecule has 0 aliphatic heterocycles. The molecule has 1 atom stereocenters. The molecule has 0 spiro atoms. The van der Waals surface area contributed by atoms with Crippen LogP contribution in [0.5, 0.6) is 0 Å². The Bertz CT molecular complexity index is 689. The number of hydrogen-bond acceptors (Lipinski definition) is 3. The first-order chi connectivity index (χ1) is 10.6. The first-order valence-corrected chi connectivity index (χ1v) is 7.69. The predicted molar refractivity (Wildman–Crippen MR) is 84.3 cm³/mol. The number of fused-ring (bicyclic) bond motifs is 1. The van der Waals surface area contributed by atoms with Gasteiger partial charge in [0.05, 0.1) is 12.3 Å². The average molecular weight is 299 g/mol. The van der Waals surface area contributed by atoms with E-state index in [0.29, 0.717) is 5.69 Å². The zero-order valence-corrected chi connectivity index (χ0v) is 13.0. The minimum absolute atomic E-state index is 0.0768. The Hall–Kier alpha value is -2.14. The second kappa shape index (κ2) is 5.93. The van der Waals surface area contributed by atoms with Crippen LogP contribution in [0, 0.1) is 6.92 Å². The summed E-state index contributed by atoms with van der Waals surface area (Å²) < 4.78 is 1.89. The summed E-state index contributed by atoms with van der Waals surface area (Å²) in [6.07, 6.45) is 2.88. The smallest absolute Gasteiger partial charge is 0.272 e. The number of aliphatic hydroxyl groups excluding tert-OH is 1. The first-order valence-electron chi connectivity index (χ1n) is 7.69. The maximum Gasteiger partial charge on any atom is 0.272 e. The third-order valence-corrected chi connectivity index (χ3v) is 4.08. The van der Waals surface area contributed by atoms with Crippen molar-refractivity contribution >= 4 is 5.91 Å². The Labute approximate surface area is 130 Å². The second-order valence-corrected chi connectivity index (χ2v) is 5.93. The monoisotopic (exact) mass is 299 g/mol. The van der Waals surface area contributed by atoms with Crippen LogP contribution in [0.2, 0.25) is 0 Å². The molecule has 0 bridgehead atoms. The van der Waals surface area contributed by atoms with Gasteiger partial charge in [0.1, 0.15) is 0 Å². The molecule has 0 radical (unpaired) electrons. The van der Waals surface area contributed by atoms with E-state index in [2.05, 4.69) is 10.4 Å². The van der Waals surface area contributed by atoms with Crippen LogP contribution in [0.4, 0.5) is 0 Å². The highest BCUT2D eigenvalue weighted by Crippen LogP contribution is 2.28. The molecule has 2 N–H and O–H groups in total. The number of benzene rings is 1. The van der Waals surface area contributed by atoms with Crippen LogP contribution in [-0.2, 0) is 12.8 Å². The molecule has 22 heavy (non-hydrogen) atoms. The molecular weight excluding hydrogens is 278 g/mol. The summed E-state index contributed by atoms with van der Waals surface area (Å²) >= 11 is 0. The van der Waals surface area contributed by atoms with Gasteiger partial charge in [-0.2, -0.15) is 5.10 Å². The molecule has 1 heterocycles. The molecule has 3 rings (SSSR count). The van der Waals surface area contributed by atoms with Crippen molar-refractivity contribution in [3.8, 4) is 5.69 Å². The van der Waals surface area contributed by atoms with Crippen molar-refractivity contribution in [2.45, 2.75) is 39.2 Å². The van der Waals surface area contributed by atoms with Crippen molar-refractivity contribution in [2.75, 3.05) is 6.61 Å². The highest BCUT2D eigenvalue weighted by Gasteiger charge is 2.27. The number of carbonyl (C=O) groups is 1. The maximum atomic E-state index is 12.4. The van der Waals surface area contributed by atoms with E-state index >= 15 is 0 Å². The summed E-state index contributed by atoms with van der Waals surface area (Å²) in [5, 5.41) is 16.4. The van der Waals surface area contributed by atoms with Gasteiger partial charge in [-0.15, -0.1) is 0 Å². The molecular formula is C17H21N3O2. The molecule has 0 saturated heterocycles. The van der Waals surface area contributed by atoms with Crippen LogP contribution in [-0.4, -0.2) is 33.4 Å². The van der Waals surface area contributed by atoms with Crippen molar-refractivity contribution in [1.82, 2.24) is 15.1 Å². The van der Waals surface area contributed by atoms with E-state index in [1.54, 1.807) is 6.92 Å². The van der Waals surface area contributed by atoms with Gasteiger partial charge in [-0.3, -0.25) is 4.79 Å². The minimum atomic E-state index is -0.269. The number of rotatable bonds is 4. The molecule has 0 saturated carbocycles. The summed E-state index contributed by atoms with van der Waals surface area (Å²) in [6, 6.07) is 7.88. The number of hydrogen-bond donors (Lipinski definition) is 2. The molecule has 1 unspecified atom stereocenters. The molecule has 0 fully saturated rings. The molecule has 5 nitrogen and oxygen atoms in total. The lowest BCUT2D eigenvalue weighted by molar-refractivity contribution is 0.0916. The third kappa shape index (κ3) is 2.64. The molecule has 1 aromatic carbocycles. The molecule has 1 aliphatic rings. The number of aromatic nitrogens is 2. The summed E-state index contributed by atoms with van der Waals surface area (Å²) in [5.41, 5.74) is 4.85. The van der Waals surface area contributed by atoms with E-state index in [1.165, 1.54) is 5.56 Å². The van der Waals surface area contributed by atoms with Crippen LogP contribution in [0.3, 0.4) is 0 Å². The fraction of sp³-hybridized carbons (Fsp3) is 0.412. The summed E-state index contributed by atoms with van der Waals surface area (Å²) in [4.78, 5) is 12.4. The quantitative estimate of drug-likeness (QED) is 0.904. The summed E-state index contributed by atoms with van der Waals surface area (Å²) in [7, 11) is 0. The molecule has 1 aromatic heterocycles. The number of aliphatic hydroxyl groups is 1. The Kier molecular flexibility index (Phi) is 3.98. The van der Waals surface area contributed by atoms with E-state index in [0.717, 1.165) is 36.2 Å². The molecule has 1 aliphatic carbocycles. The lowest BCUT2D eigenvalue weighted by atomic mass is 10.2. The van der Waals surface area contributed by atoms with Gasteiger partial charge in [-0.25, -0.2) is 4.68 Å². The number of aryl methyl sites for hydroxylation is 1. The lowest BCUT2D eigenvalue weighted by Crippen LogP contribution is -2.35. The van der Waals surface area contributed by atoms with Crippen LogP contribution in [0.25, 0.3) is 5.69 Å². The van der Waals surface area contributed by atoms with Crippen molar-refractivity contribution in [2.24, 2.45) is 0 Å². The standard InChI is InChI=1S/C17H21N3O2/c1-11-6-8-13(9-7-11)20-15-5-3-4-14(15)16(19-20)17(22)18-12(2)10-21/h6-9,12,21H,3-5,10H2,1-2H3,(H,18,22). The topological polar surface area (TPSA) is 67.2 Å². The molecule has 2 aromatic rings. The van der Waals surface area contributed by atoms with Crippen molar-refractivity contribution in [3.05, 3.63) is 46.8 Å². The Morgan fingerprint density at radius 1 is 1.36 bits per heavy atom. The largest absolute Gasteiger partial charge is 0.394 e. The zero-order valence-electron chi connectivity index (χ0n) is 13.0. The zero-order chi connectivity index (χ0) is 15.7. The van der Waals surface area contributed by atoms with Crippen LogP contribution in [0.15, 0.2) is 24.3 Å². The fourth-order valence-electron chi connectivity index (χ4n) is 2.86. The van der Waals surface area contributed by atoms with E-state index < -0.39 is 0 Å². The summed E-state index contributed by atoms with van der Waals surface area (Å²) in [5.74, 6) is -0.203. The Morgan fingerprint density at radius 2 is 2.09 bits per heavy atom. The van der Waals surface area contributed by atoms with Gasteiger partial charge in [0.15, 0.2) is 5.69 Å². The van der Waals surface area contributed by atoms with Gasteiger partial charge >= 0.3 is 0 Å². The molecule has 1 amide bonds. The van der Waals surface area contributed by atoms with Crippen LogP contribution in [0.1, 0.15) is 40.7 Å².